The molecule has 0 bridgehead atoms. The molecule has 25 heavy (non-hydrogen) atoms. The lowest BCUT2D eigenvalue weighted by atomic mass is 10.1. The molecule has 1 atom stereocenters. The van der Waals surface area contributed by atoms with Crippen molar-refractivity contribution < 1.29 is 18.8 Å². The summed E-state index contributed by atoms with van der Waals surface area (Å²) < 4.78 is 19.5. The van der Waals surface area contributed by atoms with Gasteiger partial charge < -0.3 is 9.64 Å². The van der Waals surface area contributed by atoms with E-state index in [1.165, 1.54) is 18.2 Å². The summed E-state index contributed by atoms with van der Waals surface area (Å²) in [5, 5.41) is 10.7. The molecule has 2 aromatic rings. The number of rotatable bonds is 4. The minimum absolute atomic E-state index is 0.0119. The fraction of sp³-hybridized carbons (Fsp3) is 0.278. The van der Waals surface area contributed by atoms with Crippen molar-refractivity contribution in [3.8, 4) is 0 Å². The SMILES string of the molecule is O=C(Cc1ccc([N+](=O)[O-])cc1)N1CCO[C@@H](c2ccccc2F)C1. The highest BCUT2D eigenvalue weighted by Gasteiger charge is 2.27. The number of non-ortho nitro benzene ring substituents is 1. The number of ether oxygens (including phenoxy) is 1. The molecule has 7 heteroatoms. The van der Waals surface area contributed by atoms with E-state index in [0.717, 1.165) is 0 Å². The number of halogens is 1. The third kappa shape index (κ3) is 4.00. The molecule has 1 aliphatic rings. The Balaban J connectivity index is 1.66. The van der Waals surface area contributed by atoms with Gasteiger partial charge in [0.2, 0.25) is 5.91 Å². The molecule has 0 spiro atoms. The van der Waals surface area contributed by atoms with Crippen molar-refractivity contribution in [2.45, 2.75) is 12.5 Å². The molecule has 1 heterocycles. The highest BCUT2D eigenvalue weighted by Crippen LogP contribution is 2.25. The lowest BCUT2D eigenvalue weighted by Crippen LogP contribution is -2.43. The fourth-order valence-electron chi connectivity index (χ4n) is 2.82. The van der Waals surface area contributed by atoms with Crippen molar-refractivity contribution >= 4 is 11.6 Å². The molecule has 130 valence electrons. The van der Waals surface area contributed by atoms with Crippen LogP contribution in [0.4, 0.5) is 10.1 Å². The fourth-order valence-corrected chi connectivity index (χ4v) is 2.82. The Labute approximate surface area is 144 Å². The monoisotopic (exact) mass is 344 g/mol. The van der Waals surface area contributed by atoms with Crippen molar-refractivity contribution in [1.82, 2.24) is 4.90 Å². The van der Waals surface area contributed by atoms with Crippen LogP contribution in [0.2, 0.25) is 0 Å². The molecule has 1 fully saturated rings. The van der Waals surface area contributed by atoms with Crippen LogP contribution >= 0.6 is 0 Å². The van der Waals surface area contributed by atoms with Crippen LogP contribution in [-0.2, 0) is 16.0 Å². The Hall–Kier alpha value is -2.80. The van der Waals surface area contributed by atoms with Crippen LogP contribution in [0.15, 0.2) is 48.5 Å². The zero-order chi connectivity index (χ0) is 17.8. The number of carbonyl (C=O) groups is 1. The molecule has 6 nitrogen and oxygen atoms in total. The van der Waals surface area contributed by atoms with Crippen LogP contribution in [0, 0.1) is 15.9 Å². The molecule has 0 aromatic heterocycles. The summed E-state index contributed by atoms with van der Waals surface area (Å²) in [5.41, 5.74) is 1.13. The third-order valence-electron chi connectivity index (χ3n) is 4.17. The zero-order valence-corrected chi connectivity index (χ0v) is 13.4. The first kappa shape index (κ1) is 17.0. The zero-order valence-electron chi connectivity index (χ0n) is 13.4. The summed E-state index contributed by atoms with van der Waals surface area (Å²) in [6.07, 6.45) is -0.349. The number of benzene rings is 2. The van der Waals surface area contributed by atoms with E-state index in [1.54, 1.807) is 35.2 Å². The van der Waals surface area contributed by atoms with Crippen molar-refractivity contribution in [3.05, 3.63) is 75.6 Å². The number of nitrogens with zero attached hydrogens (tertiary/aromatic N) is 2. The lowest BCUT2D eigenvalue weighted by molar-refractivity contribution is -0.384. The second kappa shape index (κ2) is 7.40. The third-order valence-corrected chi connectivity index (χ3v) is 4.17. The van der Waals surface area contributed by atoms with E-state index in [-0.39, 0.29) is 30.4 Å². The predicted molar refractivity (Wildman–Crippen MR) is 88.5 cm³/mol. The molecule has 1 aliphatic heterocycles. The predicted octanol–water partition coefficient (Wildman–Crippen LogP) is 2.88. The molecule has 2 aromatic carbocycles. The van der Waals surface area contributed by atoms with Gasteiger partial charge in [-0.1, -0.05) is 30.3 Å². The maximum atomic E-state index is 13.9. The molecule has 0 N–H and O–H groups in total. The first-order valence-electron chi connectivity index (χ1n) is 7.92. The van der Waals surface area contributed by atoms with Gasteiger partial charge in [0.05, 0.1) is 24.5 Å². The summed E-state index contributed by atoms with van der Waals surface area (Å²) >= 11 is 0. The molecule has 3 rings (SSSR count). The smallest absolute Gasteiger partial charge is 0.269 e. The highest BCUT2D eigenvalue weighted by molar-refractivity contribution is 5.79. The molecule has 0 radical (unpaired) electrons. The first-order chi connectivity index (χ1) is 12.0. The largest absolute Gasteiger partial charge is 0.370 e. The molecular formula is C18H17FN2O4. The van der Waals surface area contributed by atoms with Gasteiger partial charge in [0, 0.05) is 24.2 Å². The summed E-state index contributed by atoms with van der Waals surface area (Å²) in [7, 11) is 0. The van der Waals surface area contributed by atoms with Gasteiger partial charge in [0.15, 0.2) is 0 Å². The Kier molecular flexibility index (Phi) is 5.04. The molecule has 0 saturated carbocycles. The van der Waals surface area contributed by atoms with E-state index < -0.39 is 11.0 Å². The van der Waals surface area contributed by atoms with Crippen molar-refractivity contribution in [2.75, 3.05) is 19.7 Å². The number of amides is 1. The first-order valence-corrected chi connectivity index (χ1v) is 7.92. The number of nitro groups is 1. The van der Waals surface area contributed by atoms with Gasteiger partial charge >= 0.3 is 0 Å². The van der Waals surface area contributed by atoms with Gasteiger partial charge in [-0.05, 0) is 11.6 Å². The van der Waals surface area contributed by atoms with E-state index in [1.807, 2.05) is 0 Å². The van der Waals surface area contributed by atoms with Crippen molar-refractivity contribution in [3.63, 3.8) is 0 Å². The Morgan fingerprint density at radius 3 is 2.64 bits per heavy atom. The number of hydrogen-bond acceptors (Lipinski definition) is 4. The summed E-state index contributed by atoms with van der Waals surface area (Å²) in [6.45, 7) is 1.06. The van der Waals surface area contributed by atoms with Gasteiger partial charge in [-0.15, -0.1) is 0 Å². The summed E-state index contributed by atoms with van der Waals surface area (Å²) in [4.78, 5) is 24.3. The van der Waals surface area contributed by atoms with Crippen LogP contribution in [0.3, 0.4) is 0 Å². The average Bonchev–Trinajstić information content (AvgIpc) is 2.62. The summed E-state index contributed by atoms with van der Waals surface area (Å²) in [6, 6.07) is 12.3. The van der Waals surface area contributed by atoms with E-state index in [2.05, 4.69) is 0 Å². The van der Waals surface area contributed by atoms with Crippen LogP contribution in [0.1, 0.15) is 17.2 Å². The molecule has 0 unspecified atom stereocenters. The summed E-state index contributed by atoms with van der Waals surface area (Å²) in [5.74, 6) is -0.462. The number of hydrogen-bond donors (Lipinski definition) is 0. The maximum absolute atomic E-state index is 13.9. The quantitative estimate of drug-likeness (QED) is 0.631. The molecule has 1 saturated heterocycles. The van der Waals surface area contributed by atoms with Gasteiger partial charge in [0.25, 0.3) is 5.69 Å². The van der Waals surface area contributed by atoms with Gasteiger partial charge in [-0.2, -0.15) is 0 Å². The lowest BCUT2D eigenvalue weighted by Gasteiger charge is -2.33. The van der Waals surface area contributed by atoms with E-state index in [9.17, 15) is 19.3 Å². The maximum Gasteiger partial charge on any atom is 0.269 e. The van der Waals surface area contributed by atoms with Crippen LogP contribution in [-0.4, -0.2) is 35.4 Å². The number of carbonyl (C=O) groups excluding carboxylic acids is 1. The van der Waals surface area contributed by atoms with Crippen molar-refractivity contribution in [2.24, 2.45) is 0 Å². The number of nitro benzene ring substituents is 1. The minimum atomic E-state index is -0.490. The highest BCUT2D eigenvalue weighted by atomic mass is 19.1. The number of morpholine rings is 1. The van der Waals surface area contributed by atoms with Crippen LogP contribution in [0.5, 0.6) is 0 Å². The van der Waals surface area contributed by atoms with Crippen LogP contribution in [0.25, 0.3) is 0 Å². The van der Waals surface area contributed by atoms with E-state index in [0.29, 0.717) is 24.3 Å². The second-order valence-electron chi connectivity index (χ2n) is 5.82. The van der Waals surface area contributed by atoms with Crippen LogP contribution < -0.4 is 0 Å². The van der Waals surface area contributed by atoms with E-state index in [4.69, 9.17) is 4.74 Å². The van der Waals surface area contributed by atoms with Crippen molar-refractivity contribution in [1.29, 1.82) is 0 Å². The van der Waals surface area contributed by atoms with Gasteiger partial charge in [0.1, 0.15) is 11.9 Å². The average molecular weight is 344 g/mol. The standard InChI is InChI=1S/C18H17FN2O4/c19-16-4-2-1-3-15(16)17-12-20(9-10-25-17)18(22)11-13-5-7-14(8-6-13)21(23)24/h1-8,17H,9-12H2/t17-/m1/s1. The Bertz CT molecular complexity index is 779. The Morgan fingerprint density at radius 1 is 1.24 bits per heavy atom. The topological polar surface area (TPSA) is 72.7 Å². The van der Waals surface area contributed by atoms with Gasteiger partial charge in [-0.25, -0.2) is 4.39 Å². The van der Waals surface area contributed by atoms with Gasteiger partial charge in [-0.3, -0.25) is 14.9 Å². The normalized spacial score (nSPS) is 17.3. The Morgan fingerprint density at radius 2 is 1.96 bits per heavy atom. The second-order valence-corrected chi connectivity index (χ2v) is 5.82. The minimum Gasteiger partial charge on any atom is -0.370 e. The van der Waals surface area contributed by atoms with E-state index >= 15 is 0 Å². The molecule has 0 aliphatic carbocycles. The molecule has 1 amide bonds. The molecular weight excluding hydrogens is 327 g/mol.